The number of hydrogen-bond acceptors (Lipinski definition) is 7. The van der Waals surface area contributed by atoms with E-state index in [1.54, 1.807) is 12.1 Å². The molecule has 0 aliphatic carbocycles. The number of carbonyl (C=O) groups is 1. The van der Waals surface area contributed by atoms with Gasteiger partial charge < -0.3 is 26.4 Å². The zero-order valence-corrected chi connectivity index (χ0v) is 25.8. The van der Waals surface area contributed by atoms with Crippen LogP contribution in [0, 0.1) is 0 Å². The van der Waals surface area contributed by atoms with Crippen LogP contribution in [0.4, 0.5) is 5.69 Å². The number of anilines is 1. The van der Waals surface area contributed by atoms with Crippen LogP contribution in [0.1, 0.15) is 48.1 Å². The van der Waals surface area contributed by atoms with Crippen LogP contribution in [-0.2, 0) is 27.7 Å². The summed E-state index contributed by atoms with van der Waals surface area (Å²) in [7, 11) is -3.60. The molecule has 2 atom stereocenters. The van der Waals surface area contributed by atoms with Gasteiger partial charge in [0.15, 0.2) is 0 Å². The molecule has 10 heteroatoms. The van der Waals surface area contributed by atoms with Crippen molar-refractivity contribution in [2.75, 3.05) is 17.5 Å². The summed E-state index contributed by atoms with van der Waals surface area (Å²) in [5, 5.41) is 34.3. The van der Waals surface area contributed by atoms with Gasteiger partial charge in [0.25, 0.3) is 0 Å². The highest BCUT2D eigenvalue weighted by molar-refractivity contribution is 7.92. The van der Waals surface area contributed by atoms with E-state index in [4.69, 9.17) is 5.73 Å². The van der Waals surface area contributed by atoms with Gasteiger partial charge in [0.1, 0.15) is 11.5 Å². The number of aliphatic hydroxyl groups is 1. The second kappa shape index (κ2) is 13.5. The van der Waals surface area contributed by atoms with Crippen molar-refractivity contribution in [3.8, 4) is 22.6 Å². The highest BCUT2D eigenvalue weighted by Crippen LogP contribution is 2.31. The molecule has 7 N–H and O–H groups in total. The minimum atomic E-state index is -3.60. The van der Waals surface area contributed by atoms with Crippen LogP contribution in [0.15, 0.2) is 91.0 Å². The molecule has 4 rings (SSSR count). The van der Waals surface area contributed by atoms with E-state index < -0.39 is 33.5 Å². The first-order valence-corrected chi connectivity index (χ1v) is 16.1. The van der Waals surface area contributed by atoms with Gasteiger partial charge in [-0.25, -0.2) is 8.42 Å². The largest absolute Gasteiger partial charge is 0.507 e. The normalized spacial score (nSPS) is 13.3. The summed E-state index contributed by atoms with van der Waals surface area (Å²) in [6.07, 6.45) is 1.04. The fraction of sp³-hybridized carbons (Fsp3) is 0.265. The van der Waals surface area contributed by atoms with Gasteiger partial charge in [-0.1, -0.05) is 72.8 Å². The molecular weight excluding hydrogens is 578 g/mol. The average Bonchev–Trinajstić information content (AvgIpc) is 2.95. The van der Waals surface area contributed by atoms with Gasteiger partial charge in [-0.3, -0.25) is 9.52 Å². The lowest BCUT2D eigenvalue weighted by atomic mass is 9.87. The van der Waals surface area contributed by atoms with Crippen molar-refractivity contribution >= 4 is 21.6 Å². The standard InChI is InChI=1S/C34H39N3O6S/c1-34(2,36-21-32(40)26-15-16-31(39)29(19-26)37-44(3,42)43)20-23-7-6-8-25(17-23)28(33(35)41)18-22-11-13-24(14-12-22)27-9-4-5-10-30(27)38/h4-17,19,28,32,36-40H,18,20-21H2,1-3H3,(H2,35,41)/t28?,32-/m0/s1. The minimum absolute atomic E-state index is 0.00411. The molecule has 0 saturated carbocycles. The quantitative estimate of drug-likeness (QED) is 0.120. The fourth-order valence-corrected chi connectivity index (χ4v) is 5.75. The van der Waals surface area contributed by atoms with E-state index in [9.17, 15) is 28.5 Å². The van der Waals surface area contributed by atoms with Crippen LogP contribution >= 0.6 is 0 Å². The predicted molar refractivity (Wildman–Crippen MR) is 173 cm³/mol. The van der Waals surface area contributed by atoms with Gasteiger partial charge in [0.2, 0.25) is 15.9 Å². The van der Waals surface area contributed by atoms with E-state index in [0.717, 1.165) is 34.1 Å². The number of nitrogens with one attached hydrogen (secondary N) is 2. The Balaban J connectivity index is 1.42. The van der Waals surface area contributed by atoms with Gasteiger partial charge >= 0.3 is 0 Å². The first kappa shape index (κ1) is 32.5. The summed E-state index contributed by atoms with van der Waals surface area (Å²) in [5.41, 5.74) is 10.2. The third-order valence-electron chi connectivity index (χ3n) is 7.43. The Bertz CT molecular complexity index is 1720. The number of para-hydroxylation sites is 1. The van der Waals surface area contributed by atoms with Gasteiger partial charge in [-0.15, -0.1) is 0 Å². The maximum atomic E-state index is 12.6. The Morgan fingerprint density at radius 3 is 2.23 bits per heavy atom. The van der Waals surface area contributed by atoms with Crippen molar-refractivity contribution in [1.82, 2.24) is 5.32 Å². The lowest BCUT2D eigenvalue weighted by Crippen LogP contribution is -2.43. The number of nitrogens with two attached hydrogens (primary N) is 1. The molecule has 0 saturated heterocycles. The van der Waals surface area contributed by atoms with E-state index in [2.05, 4.69) is 10.0 Å². The highest BCUT2D eigenvalue weighted by atomic mass is 32.2. The number of amides is 1. The molecule has 0 fully saturated rings. The topological polar surface area (TPSA) is 162 Å². The lowest BCUT2D eigenvalue weighted by Gasteiger charge is -2.28. The Labute approximate surface area is 258 Å². The molecule has 0 bridgehead atoms. The molecule has 0 heterocycles. The van der Waals surface area contributed by atoms with Crippen LogP contribution in [0.3, 0.4) is 0 Å². The summed E-state index contributed by atoms with van der Waals surface area (Å²) < 4.78 is 25.4. The predicted octanol–water partition coefficient (Wildman–Crippen LogP) is 4.59. The number of carbonyl (C=O) groups excluding carboxylic acids is 1. The maximum absolute atomic E-state index is 12.6. The molecule has 0 aliphatic rings. The van der Waals surface area contributed by atoms with Gasteiger partial charge in [-0.05, 0) is 72.7 Å². The van der Waals surface area contributed by atoms with Crippen molar-refractivity contribution in [2.24, 2.45) is 5.73 Å². The zero-order chi connectivity index (χ0) is 32.1. The summed E-state index contributed by atoms with van der Waals surface area (Å²) in [4.78, 5) is 12.6. The number of phenols is 2. The third kappa shape index (κ3) is 8.82. The van der Waals surface area contributed by atoms with Crippen LogP contribution in [0.25, 0.3) is 11.1 Å². The number of benzene rings is 4. The minimum Gasteiger partial charge on any atom is -0.507 e. The van der Waals surface area contributed by atoms with Crippen molar-refractivity contribution in [1.29, 1.82) is 0 Å². The number of rotatable bonds is 13. The second-order valence-corrected chi connectivity index (χ2v) is 13.5. The molecule has 0 aliphatic heterocycles. The van der Waals surface area contributed by atoms with Crippen LogP contribution < -0.4 is 15.8 Å². The molecule has 0 aromatic heterocycles. The summed E-state index contributed by atoms with van der Waals surface area (Å²) in [6, 6.07) is 26.9. The molecule has 0 spiro atoms. The molecule has 232 valence electrons. The summed E-state index contributed by atoms with van der Waals surface area (Å²) in [5.74, 6) is -0.993. The summed E-state index contributed by atoms with van der Waals surface area (Å²) >= 11 is 0. The van der Waals surface area contributed by atoms with E-state index in [-0.39, 0.29) is 23.7 Å². The van der Waals surface area contributed by atoms with E-state index >= 15 is 0 Å². The number of aliphatic hydroxyl groups excluding tert-OH is 1. The number of hydrogen-bond donors (Lipinski definition) is 6. The van der Waals surface area contributed by atoms with Gasteiger partial charge in [0.05, 0.1) is 24.0 Å². The highest BCUT2D eigenvalue weighted by Gasteiger charge is 2.23. The first-order valence-electron chi connectivity index (χ1n) is 14.2. The number of phenolic OH excluding ortho intramolecular Hbond substituents is 2. The first-order chi connectivity index (χ1) is 20.7. The van der Waals surface area contributed by atoms with E-state index in [1.165, 1.54) is 18.2 Å². The molecule has 4 aromatic carbocycles. The zero-order valence-electron chi connectivity index (χ0n) is 25.0. The van der Waals surface area contributed by atoms with Crippen LogP contribution in [0.5, 0.6) is 11.5 Å². The smallest absolute Gasteiger partial charge is 0.229 e. The van der Waals surface area contributed by atoms with Crippen LogP contribution in [-0.4, -0.2) is 48.0 Å². The average molecular weight is 618 g/mol. The van der Waals surface area contributed by atoms with Crippen molar-refractivity contribution in [3.05, 3.63) is 113 Å². The molecule has 1 unspecified atom stereocenters. The molecule has 4 aromatic rings. The van der Waals surface area contributed by atoms with E-state index in [0.29, 0.717) is 18.4 Å². The fourth-order valence-electron chi connectivity index (χ4n) is 5.18. The monoisotopic (exact) mass is 617 g/mol. The Kier molecular flexibility index (Phi) is 9.98. The van der Waals surface area contributed by atoms with Crippen LogP contribution in [0.2, 0.25) is 0 Å². The van der Waals surface area contributed by atoms with E-state index in [1.807, 2.05) is 74.5 Å². The number of primary amides is 1. The molecular formula is C34H39N3O6S. The lowest BCUT2D eigenvalue weighted by molar-refractivity contribution is -0.119. The Morgan fingerprint density at radius 2 is 1.57 bits per heavy atom. The molecule has 0 radical (unpaired) electrons. The SMILES string of the molecule is CC(C)(Cc1cccc(C(Cc2ccc(-c3ccccc3O)cc2)C(N)=O)c1)NC[C@H](O)c1ccc(O)c(NS(C)(=O)=O)c1. The molecule has 1 amide bonds. The number of β-amino-alcohol motifs (C(OH)–C–C–N with tert-alkyl or cyclic N) is 1. The van der Waals surface area contributed by atoms with Crippen molar-refractivity contribution in [3.63, 3.8) is 0 Å². The Hall–Kier alpha value is -4.38. The Morgan fingerprint density at radius 1 is 0.864 bits per heavy atom. The molecule has 9 nitrogen and oxygen atoms in total. The number of sulfonamides is 1. The number of aromatic hydroxyl groups is 2. The van der Waals surface area contributed by atoms with Gasteiger partial charge in [0, 0.05) is 17.6 Å². The molecule has 44 heavy (non-hydrogen) atoms. The van der Waals surface area contributed by atoms with Crippen molar-refractivity contribution in [2.45, 2.75) is 44.2 Å². The maximum Gasteiger partial charge on any atom is 0.229 e. The second-order valence-electron chi connectivity index (χ2n) is 11.7. The van der Waals surface area contributed by atoms with Gasteiger partial charge in [-0.2, -0.15) is 0 Å². The summed E-state index contributed by atoms with van der Waals surface area (Å²) in [6.45, 7) is 4.17. The third-order valence-corrected chi connectivity index (χ3v) is 8.02. The van der Waals surface area contributed by atoms with Crippen molar-refractivity contribution < 1.29 is 28.5 Å².